The van der Waals surface area contributed by atoms with Crippen LogP contribution in [0.4, 0.5) is 5.95 Å². The van der Waals surface area contributed by atoms with Crippen LogP contribution in [-0.2, 0) is 0 Å². The first-order chi connectivity index (χ1) is 9.67. The van der Waals surface area contributed by atoms with E-state index in [0.717, 1.165) is 0 Å². The summed E-state index contributed by atoms with van der Waals surface area (Å²) in [5, 5.41) is 3.78. The zero-order valence-electron chi connectivity index (χ0n) is 10.3. The number of halogens is 2. The number of imidazole rings is 1. The molecule has 0 aliphatic rings. The summed E-state index contributed by atoms with van der Waals surface area (Å²) in [6.07, 6.45) is 1.52. The van der Waals surface area contributed by atoms with Gasteiger partial charge in [0.05, 0.1) is 11.3 Å². The van der Waals surface area contributed by atoms with E-state index < -0.39 is 0 Å². The smallest absolute Gasteiger partial charge is 0.250 e. The van der Waals surface area contributed by atoms with Crippen LogP contribution in [0.3, 0.4) is 0 Å². The predicted molar refractivity (Wildman–Crippen MR) is 77.8 cm³/mol. The van der Waals surface area contributed by atoms with Crippen molar-refractivity contribution in [1.29, 1.82) is 0 Å². The van der Waals surface area contributed by atoms with E-state index in [1.165, 1.54) is 6.33 Å². The number of fused-ring (bicyclic) bond motifs is 1. The van der Waals surface area contributed by atoms with Gasteiger partial charge in [0.1, 0.15) is 11.3 Å². The average Bonchev–Trinajstić information content (AvgIpc) is 2.90. The fourth-order valence-corrected chi connectivity index (χ4v) is 2.10. The fourth-order valence-electron chi connectivity index (χ4n) is 1.65. The fraction of sp³-hybridized carbons (Fsp3) is 0.0833. The minimum absolute atomic E-state index is 0.334. The van der Waals surface area contributed by atoms with Gasteiger partial charge >= 0.3 is 0 Å². The molecule has 0 spiro atoms. The van der Waals surface area contributed by atoms with Crippen molar-refractivity contribution in [2.24, 2.45) is 0 Å². The van der Waals surface area contributed by atoms with Gasteiger partial charge in [-0.3, -0.25) is 0 Å². The van der Waals surface area contributed by atoms with E-state index in [9.17, 15) is 0 Å². The number of rotatable bonds is 3. The number of nitrogens with one attached hydrogen (secondary N) is 2. The molecule has 102 valence electrons. The largest absolute Gasteiger partial charge is 0.435 e. The topological polar surface area (TPSA) is 75.7 Å². The maximum absolute atomic E-state index is 6.08. The molecule has 0 atom stereocenters. The number of H-pyrrole nitrogens is 1. The molecule has 0 aliphatic heterocycles. The Balaban J connectivity index is 2.07. The Labute approximate surface area is 124 Å². The molecule has 0 aliphatic carbocycles. The highest BCUT2D eigenvalue weighted by molar-refractivity contribution is 6.35. The minimum atomic E-state index is 0.334. The Morgan fingerprint density at radius 1 is 1.25 bits per heavy atom. The molecule has 0 radical (unpaired) electrons. The van der Waals surface area contributed by atoms with Crippen LogP contribution in [-0.4, -0.2) is 27.0 Å². The van der Waals surface area contributed by atoms with Gasteiger partial charge < -0.3 is 15.0 Å². The summed E-state index contributed by atoms with van der Waals surface area (Å²) in [5.41, 5.74) is 1.10. The lowest BCUT2D eigenvalue weighted by Gasteiger charge is -2.08. The summed E-state index contributed by atoms with van der Waals surface area (Å²) >= 11 is 11.9. The summed E-state index contributed by atoms with van der Waals surface area (Å²) in [4.78, 5) is 15.5. The van der Waals surface area contributed by atoms with E-state index in [1.54, 1.807) is 25.2 Å². The van der Waals surface area contributed by atoms with Crippen LogP contribution in [0.1, 0.15) is 0 Å². The van der Waals surface area contributed by atoms with E-state index in [4.69, 9.17) is 27.9 Å². The molecule has 3 aromatic rings. The predicted octanol–water partition coefficient (Wildman–Crippen LogP) is 3.49. The number of nitrogens with zero attached hydrogens (tertiary/aromatic N) is 3. The summed E-state index contributed by atoms with van der Waals surface area (Å²) in [5.74, 6) is 1.19. The maximum atomic E-state index is 6.08. The first kappa shape index (κ1) is 13.0. The zero-order valence-corrected chi connectivity index (χ0v) is 11.8. The van der Waals surface area contributed by atoms with Crippen molar-refractivity contribution in [1.82, 2.24) is 19.9 Å². The molecular weight excluding hydrogens is 301 g/mol. The Bertz CT molecular complexity index is 774. The molecular formula is C12H9Cl2N5O. The van der Waals surface area contributed by atoms with Crippen molar-refractivity contribution in [3.8, 4) is 11.6 Å². The highest BCUT2D eigenvalue weighted by atomic mass is 35.5. The van der Waals surface area contributed by atoms with E-state index in [-0.39, 0.29) is 0 Å². The molecule has 6 nitrogen and oxygen atoms in total. The van der Waals surface area contributed by atoms with Crippen molar-refractivity contribution in [3.05, 3.63) is 34.6 Å². The molecule has 1 aromatic carbocycles. The van der Waals surface area contributed by atoms with Crippen molar-refractivity contribution >= 4 is 40.3 Å². The number of benzene rings is 1. The van der Waals surface area contributed by atoms with Gasteiger partial charge in [-0.2, -0.15) is 9.97 Å². The van der Waals surface area contributed by atoms with E-state index in [0.29, 0.717) is 38.8 Å². The van der Waals surface area contributed by atoms with Crippen LogP contribution in [0.2, 0.25) is 10.0 Å². The number of anilines is 1. The Morgan fingerprint density at radius 2 is 2.10 bits per heavy atom. The van der Waals surface area contributed by atoms with Crippen LogP contribution < -0.4 is 10.1 Å². The molecule has 0 unspecified atom stereocenters. The third-order valence-corrected chi connectivity index (χ3v) is 3.11. The molecule has 8 heteroatoms. The summed E-state index contributed by atoms with van der Waals surface area (Å²) in [6.45, 7) is 0. The van der Waals surface area contributed by atoms with Crippen molar-refractivity contribution in [2.75, 3.05) is 12.4 Å². The standard InChI is InChI=1S/C12H9Cl2N5O/c1-15-12-18-10-9(16-5-17-10)11(19-12)20-8-3-2-6(13)4-7(8)14/h2-5H,1H3,(H2,15,16,17,18,19). The Kier molecular flexibility index (Phi) is 3.33. The molecule has 3 rings (SSSR count). The van der Waals surface area contributed by atoms with Crippen molar-refractivity contribution < 1.29 is 4.74 Å². The van der Waals surface area contributed by atoms with Gasteiger partial charge in [0.25, 0.3) is 5.88 Å². The molecule has 2 aromatic heterocycles. The first-order valence-corrected chi connectivity index (χ1v) is 6.45. The van der Waals surface area contributed by atoms with Gasteiger partial charge in [0, 0.05) is 12.1 Å². The van der Waals surface area contributed by atoms with Gasteiger partial charge in [-0.15, -0.1) is 0 Å². The minimum Gasteiger partial charge on any atom is -0.435 e. The first-order valence-electron chi connectivity index (χ1n) is 5.69. The molecule has 20 heavy (non-hydrogen) atoms. The number of hydrogen-bond donors (Lipinski definition) is 2. The van der Waals surface area contributed by atoms with Gasteiger partial charge in [0.2, 0.25) is 5.95 Å². The van der Waals surface area contributed by atoms with Gasteiger partial charge in [0.15, 0.2) is 5.65 Å². The van der Waals surface area contributed by atoms with Crippen LogP contribution in [0, 0.1) is 0 Å². The van der Waals surface area contributed by atoms with E-state index >= 15 is 0 Å². The van der Waals surface area contributed by atoms with Crippen LogP contribution >= 0.6 is 23.2 Å². The average molecular weight is 310 g/mol. The molecule has 0 fully saturated rings. The zero-order chi connectivity index (χ0) is 14.1. The molecule has 0 bridgehead atoms. The highest BCUT2D eigenvalue weighted by Crippen LogP contribution is 2.33. The molecule has 0 saturated carbocycles. The summed E-state index contributed by atoms with van der Waals surface area (Å²) in [6, 6.07) is 4.96. The van der Waals surface area contributed by atoms with Crippen molar-refractivity contribution in [2.45, 2.75) is 0 Å². The van der Waals surface area contributed by atoms with E-state index in [1.807, 2.05) is 0 Å². The lowest BCUT2D eigenvalue weighted by Crippen LogP contribution is -1.99. The third kappa shape index (κ3) is 2.35. The van der Waals surface area contributed by atoms with Crippen molar-refractivity contribution in [3.63, 3.8) is 0 Å². The van der Waals surface area contributed by atoms with Gasteiger partial charge in [-0.25, -0.2) is 4.98 Å². The second-order valence-corrected chi connectivity index (χ2v) is 4.72. The van der Waals surface area contributed by atoms with Crippen LogP contribution in [0.5, 0.6) is 11.6 Å². The number of aromatic nitrogens is 4. The quantitative estimate of drug-likeness (QED) is 0.774. The normalized spacial score (nSPS) is 10.8. The van der Waals surface area contributed by atoms with Crippen LogP contribution in [0.15, 0.2) is 24.5 Å². The molecule has 2 heterocycles. The second kappa shape index (κ2) is 5.15. The van der Waals surface area contributed by atoms with E-state index in [2.05, 4.69) is 25.3 Å². The van der Waals surface area contributed by atoms with Crippen LogP contribution in [0.25, 0.3) is 11.2 Å². The number of hydrogen-bond acceptors (Lipinski definition) is 5. The maximum Gasteiger partial charge on any atom is 0.250 e. The lowest BCUT2D eigenvalue weighted by atomic mass is 10.3. The van der Waals surface area contributed by atoms with Gasteiger partial charge in [-0.05, 0) is 18.2 Å². The number of aromatic amines is 1. The molecule has 0 saturated heterocycles. The molecule has 0 amide bonds. The second-order valence-electron chi connectivity index (χ2n) is 3.88. The Hall–Kier alpha value is -2.05. The third-order valence-electron chi connectivity index (χ3n) is 2.58. The highest BCUT2D eigenvalue weighted by Gasteiger charge is 2.13. The lowest BCUT2D eigenvalue weighted by molar-refractivity contribution is 0.468. The SMILES string of the molecule is CNc1nc(Oc2ccc(Cl)cc2Cl)c2[nH]cnc2n1. The molecule has 2 N–H and O–H groups in total. The summed E-state index contributed by atoms with van der Waals surface area (Å²) < 4.78 is 5.73. The number of ether oxygens (including phenoxy) is 1. The van der Waals surface area contributed by atoms with Gasteiger partial charge in [-0.1, -0.05) is 23.2 Å². The Morgan fingerprint density at radius 3 is 2.85 bits per heavy atom. The monoisotopic (exact) mass is 309 g/mol. The summed E-state index contributed by atoms with van der Waals surface area (Å²) in [7, 11) is 1.72.